The summed E-state index contributed by atoms with van der Waals surface area (Å²) >= 11 is 1.41. The predicted octanol–water partition coefficient (Wildman–Crippen LogP) is 2.13. The van der Waals surface area contributed by atoms with Gasteiger partial charge >= 0.3 is 0 Å². The topological polar surface area (TPSA) is 78.0 Å². The van der Waals surface area contributed by atoms with Crippen LogP contribution >= 0.6 is 11.3 Å². The van der Waals surface area contributed by atoms with Crippen LogP contribution in [0.15, 0.2) is 52.7 Å². The van der Waals surface area contributed by atoms with Crippen LogP contribution in [0, 0.1) is 5.92 Å². The second kappa shape index (κ2) is 8.87. The van der Waals surface area contributed by atoms with Crippen molar-refractivity contribution in [3.05, 3.63) is 52.7 Å². The van der Waals surface area contributed by atoms with Crippen LogP contribution in [0.5, 0.6) is 0 Å². The molecule has 0 spiro atoms. The molecule has 160 valence electrons. The van der Waals surface area contributed by atoms with Crippen molar-refractivity contribution in [2.24, 2.45) is 5.92 Å². The van der Waals surface area contributed by atoms with E-state index in [1.807, 2.05) is 17.5 Å². The third kappa shape index (κ3) is 4.28. The molecule has 3 heterocycles. The molecule has 0 N–H and O–H groups in total. The summed E-state index contributed by atoms with van der Waals surface area (Å²) in [6.45, 7) is 2.42. The second-order valence-corrected chi connectivity index (χ2v) is 10.5. The summed E-state index contributed by atoms with van der Waals surface area (Å²) in [4.78, 5) is 30.2. The number of sulfonamides is 1. The van der Waals surface area contributed by atoms with E-state index in [4.69, 9.17) is 0 Å². The quantitative estimate of drug-likeness (QED) is 0.719. The molecule has 1 aromatic heterocycles. The van der Waals surface area contributed by atoms with E-state index in [0.29, 0.717) is 31.1 Å². The number of piperazine rings is 1. The van der Waals surface area contributed by atoms with Gasteiger partial charge in [0, 0.05) is 39.3 Å². The van der Waals surface area contributed by atoms with Crippen molar-refractivity contribution in [1.82, 2.24) is 14.1 Å². The molecule has 0 saturated carbocycles. The normalized spacial score (nSPS) is 20.9. The molecule has 1 atom stereocenters. The van der Waals surface area contributed by atoms with E-state index in [1.54, 1.807) is 40.1 Å². The summed E-state index contributed by atoms with van der Waals surface area (Å²) < 4.78 is 27.0. The van der Waals surface area contributed by atoms with Crippen LogP contribution in [0.1, 0.15) is 22.5 Å². The number of nitrogens with zero attached hydrogens (tertiary/aromatic N) is 3. The Bertz CT molecular complexity index is 985. The van der Waals surface area contributed by atoms with Crippen molar-refractivity contribution in [3.8, 4) is 0 Å². The molecule has 2 amide bonds. The number of piperidine rings is 1. The van der Waals surface area contributed by atoms with Crippen molar-refractivity contribution in [2.75, 3.05) is 39.3 Å². The summed E-state index contributed by atoms with van der Waals surface area (Å²) in [5, 5.41) is 1.88. The van der Waals surface area contributed by atoms with Gasteiger partial charge in [-0.15, -0.1) is 11.3 Å². The Morgan fingerprint density at radius 3 is 2.30 bits per heavy atom. The molecule has 2 saturated heterocycles. The molecule has 2 aromatic rings. The van der Waals surface area contributed by atoms with Gasteiger partial charge in [0.25, 0.3) is 5.91 Å². The number of carbonyl (C=O) groups is 2. The van der Waals surface area contributed by atoms with Crippen LogP contribution < -0.4 is 0 Å². The van der Waals surface area contributed by atoms with Crippen LogP contribution in [0.3, 0.4) is 0 Å². The molecule has 0 bridgehead atoms. The zero-order valence-corrected chi connectivity index (χ0v) is 18.3. The third-order valence-corrected chi connectivity index (χ3v) is 8.49. The molecule has 2 aliphatic heterocycles. The Morgan fingerprint density at radius 2 is 1.63 bits per heavy atom. The second-order valence-electron chi connectivity index (χ2n) is 7.61. The standard InChI is InChI=1S/C21H25N3O4S2/c25-20(17-6-4-10-23(16-17)21(26)19-9-5-15-29-19)22-11-13-24(14-12-22)30(27,28)18-7-2-1-3-8-18/h1-3,5,7-9,15,17H,4,6,10-14,16H2/t17-/m0/s1. The minimum absolute atomic E-state index is 0.0127. The minimum Gasteiger partial charge on any atom is -0.340 e. The van der Waals surface area contributed by atoms with E-state index in [2.05, 4.69) is 0 Å². The zero-order valence-electron chi connectivity index (χ0n) is 16.6. The van der Waals surface area contributed by atoms with Gasteiger partial charge < -0.3 is 9.80 Å². The van der Waals surface area contributed by atoms with Crippen molar-refractivity contribution in [2.45, 2.75) is 17.7 Å². The van der Waals surface area contributed by atoms with Gasteiger partial charge in [0.1, 0.15) is 0 Å². The fourth-order valence-corrected chi connectivity index (χ4v) is 6.20. The molecular weight excluding hydrogens is 422 g/mol. The summed E-state index contributed by atoms with van der Waals surface area (Å²) in [6, 6.07) is 12.0. The molecule has 1 aromatic carbocycles. The van der Waals surface area contributed by atoms with E-state index >= 15 is 0 Å². The van der Waals surface area contributed by atoms with Crippen molar-refractivity contribution in [3.63, 3.8) is 0 Å². The Morgan fingerprint density at radius 1 is 0.900 bits per heavy atom. The van der Waals surface area contributed by atoms with Gasteiger partial charge in [-0.3, -0.25) is 9.59 Å². The molecule has 9 heteroatoms. The van der Waals surface area contributed by atoms with Crippen LogP contribution in [-0.2, 0) is 14.8 Å². The highest BCUT2D eigenvalue weighted by Crippen LogP contribution is 2.24. The maximum atomic E-state index is 13.1. The summed E-state index contributed by atoms with van der Waals surface area (Å²) in [7, 11) is -3.54. The Kier molecular flexibility index (Phi) is 6.21. The van der Waals surface area contributed by atoms with E-state index in [9.17, 15) is 18.0 Å². The fourth-order valence-electron chi connectivity index (χ4n) is 4.07. The van der Waals surface area contributed by atoms with Crippen molar-refractivity contribution < 1.29 is 18.0 Å². The molecule has 2 aliphatic rings. The number of amides is 2. The average molecular weight is 448 g/mol. The van der Waals surface area contributed by atoms with Gasteiger partial charge in [0.2, 0.25) is 15.9 Å². The molecule has 2 fully saturated rings. The molecule has 0 unspecified atom stereocenters. The number of carbonyl (C=O) groups excluding carboxylic acids is 2. The van der Waals surface area contributed by atoms with Gasteiger partial charge in [0.15, 0.2) is 0 Å². The Balaban J connectivity index is 1.35. The monoisotopic (exact) mass is 447 g/mol. The smallest absolute Gasteiger partial charge is 0.263 e. The van der Waals surface area contributed by atoms with Gasteiger partial charge in [-0.25, -0.2) is 8.42 Å². The third-order valence-electron chi connectivity index (χ3n) is 5.72. The highest BCUT2D eigenvalue weighted by atomic mass is 32.2. The number of thiophene rings is 1. The van der Waals surface area contributed by atoms with E-state index in [1.165, 1.54) is 15.6 Å². The van der Waals surface area contributed by atoms with E-state index in [-0.39, 0.29) is 35.7 Å². The molecule has 4 rings (SSSR count). The average Bonchev–Trinajstić information content (AvgIpc) is 3.34. The van der Waals surface area contributed by atoms with Gasteiger partial charge in [0.05, 0.1) is 15.7 Å². The van der Waals surface area contributed by atoms with Crippen LogP contribution in [0.2, 0.25) is 0 Å². The molecule has 0 radical (unpaired) electrons. The molecular formula is C21H25N3O4S2. The zero-order chi connectivity index (χ0) is 21.1. The van der Waals surface area contributed by atoms with Gasteiger partial charge in [-0.1, -0.05) is 24.3 Å². The fraction of sp³-hybridized carbons (Fsp3) is 0.429. The highest BCUT2D eigenvalue weighted by molar-refractivity contribution is 7.89. The predicted molar refractivity (Wildman–Crippen MR) is 115 cm³/mol. The maximum Gasteiger partial charge on any atom is 0.263 e. The first kappa shape index (κ1) is 21.0. The number of rotatable bonds is 4. The van der Waals surface area contributed by atoms with E-state index < -0.39 is 10.0 Å². The first-order valence-electron chi connectivity index (χ1n) is 10.1. The largest absolute Gasteiger partial charge is 0.340 e. The minimum atomic E-state index is -3.54. The maximum absolute atomic E-state index is 13.1. The molecule has 7 nitrogen and oxygen atoms in total. The highest BCUT2D eigenvalue weighted by Gasteiger charge is 2.35. The van der Waals surface area contributed by atoms with Crippen LogP contribution in [-0.4, -0.2) is 73.6 Å². The summed E-state index contributed by atoms with van der Waals surface area (Å²) in [6.07, 6.45) is 1.56. The first-order valence-corrected chi connectivity index (χ1v) is 12.5. The number of likely N-dealkylation sites (tertiary alicyclic amines) is 1. The first-order chi connectivity index (χ1) is 14.5. The van der Waals surface area contributed by atoms with Crippen LogP contribution in [0.4, 0.5) is 0 Å². The van der Waals surface area contributed by atoms with Crippen molar-refractivity contribution >= 4 is 33.2 Å². The van der Waals surface area contributed by atoms with Gasteiger partial charge in [-0.2, -0.15) is 4.31 Å². The van der Waals surface area contributed by atoms with Crippen molar-refractivity contribution in [1.29, 1.82) is 0 Å². The SMILES string of the molecule is O=C(c1cccs1)N1CCC[C@H](C(=O)N2CCN(S(=O)(=O)c3ccccc3)CC2)C1. The lowest BCUT2D eigenvalue weighted by atomic mass is 9.96. The molecule has 0 aliphatic carbocycles. The summed E-state index contributed by atoms with van der Waals surface area (Å²) in [5.41, 5.74) is 0. The molecule has 30 heavy (non-hydrogen) atoms. The number of hydrogen-bond acceptors (Lipinski definition) is 5. The van der Waals surface area contributed by atoms with Crippen LogP contribution in [0.25, 0.3) is 0 Å². The lowest BCUT2D eigenvalue weighted by molar-refractivity contribution is -0.138. The summed E-state index contributed by atoms with van der Waals surface area (Å²) in [5.74, 6) is -0.211. The number of hydrogen-bond donors (Lipinski definition) is 0. The Hall–Kier alpha value is -2.23. The number of benzene rings is 1. The van der Waals surface area contributed by atoms with Gasteiger partial charge in [-0.05, 0) is 36.4 Å². The van der Waals surface area contributed by atoms with E-state index in [0.717, 1.165) is 12.8 Å². The lowest BCUT2D eigenvalue weighted by Gasteiger charge is -2.38. The Labute approximate surface area is 180 Å². The lowest BCUT2D eigenvalue weighted by Crippen LogP contribution is -2.54.